The van der Waals surface area contributed by atoms with Gasteiger partial charge >= 0.3 is 0 Å². The minimum Gasteiger partial charge on any atom is -0.456 e. The number of fused-ring (bicyclic) bond motifs is 3. The van der Waals surface area contributed by atoms with Crippen molar-refractivity contribution >= 4 is 33.3 Å². The van der Waals surface area contributed by atoms with Crippen molar-refractivity contribution in [2.45, 2.75) is 69.2 Å². The molecule has 583 valence electrons. The molecule has 12 nitrogen and oxygen atoms in total. The Labute approximate surface area is 724 Å². The van der Waals surface area contributed by atoms with Crippen LogP contribution in [0.3, 0.4) is 0 Å². The van der Waals surface area contributed by atoms with Gasteiger partial charge in [0, 0.05) is 130 Å². The van der Waals surface area contributed by atoms with E-state index in [2.05, 4.69) is 278 Å². The minimum atomic E-state index is 0. The zero-order valence-electron chi connectivity index (χ0n) is 65.8. The van der Waals surface area contributed by atoms with Crippen LogP contribution in [0.1, 0.15) is 56.4 Å². The third kappa shape index (κ3) is 21.0. The standard InChI is InChI=1S/2C25H23N2.C21H13N2O.C11H11N2.C9H7N2.C9H6NS.3Ir/c2*1-17-14-23(21-8-6-5-7-9-21)15-18(2)25(17)22-10-12-24(13-11-22)27-20(4)16-19(3)26-27;1-2-5-20-18(4-1)19-11-8-16(14-21(19)24-20)15-6-9-17(10-7-15)23-13-3-12-22-23;1-9-8-10(2)13(12-9)11-6-4-3-5-7-11;1-2-5-9(6-3-1)11-8-4-7-10-11;1-2-4-8(5-3-1)9-10-6-7-11-9;;;/h2*5-12,14-16H,1-4H3;1-9,11-14H;3-6,8H,1-2H3;1-5,7-8H;1-4,6-7H;;;/q6*-1;;;. The fourth-order valence-corrected chi connectivity index (χ4v) is 14.5. The summed E-state index contributed by atoms with van der Waals surface area (Å²) in [4.78, 5) is 4.17. The summed E-state index contributed by atoms with van der Waals surface area (Å²) in [5.74, 6) is 0. The fraction of sp³-hybridized carbons (Fsp3) is 0.100. The van der Waals surface area contributed by atoms with Crippen molar-refractivity contribution in [3.63, 3.8) is 0 Å². The molecule has 3 radical (unpaired) electrons. The Kier molecular flexibility index (Phi) is 29.6. The van der Waals surface area contributed by atoms with Gasteiger partial charge in [-0.05, 0) is 162 Å². The molecule has 16 heteroatoms. The van der Waals surface area contributed by atoms with Crippen molar-refractivity contribution in [3.8, 4) is 94.6 Å². The predicted octanol–water partition coefficient (Wildman–Crippen LogP) is 24.3. The summed E-state index contributed by atoms with van der Waals surface area (Å²) in [5.41, 5.74) is 31.5. The van der Waals surface area contributed by atoms with Crippen molar-refractivity contribution < 1.29 is 64.7 Å². The quantitative estimate of drug-likeness (QED) is 0.118. The first-order valence-corrected chi connectivity index (χ1v) is 38.2. The van der Waals surface area contributed by atoms with Crippen LogP contribution < -0.4 is 0 Å². The third-order valence-electron chi connectivity index (χ3n) is 18.9. The second kappa shape index (κ2) is 40.4. The van der Waals surface area contributed by atoms with Gasteiger partial charge in [-0.3, -0.25) is 28.4 Å². The number of thiazole rings is 1. The van der Waals surface area contributed by atoms with Crippen molar-refractivity contribution in [3.05, 3.63) is 414 Å². The number of furan rings is 1. The normalized spacial score (nSPS) is 10.5. The molecule has 0 unspecified atom stereocenters. The number of hydrogen-bond acceptors (Lipinski definition) is 8. The van der Waals surface area contributed by atoms with E-state index in [9.17, 15) is 0 Å². The van der Waals surface area contributed by atoms with Crippen molar-refractivity contribution in [2.24, 2.45) is 0 Å². The van der Waals surface area contributed by atoms with Gasteiger partial charge in [-0.15, -0.1) is 82.9 Å². The summed E-state index contributed by atoms with van der Waals surface area (Å²) in [6.07, 6.45) is 9.12. The molecular formula is C100H83Ir3N11OS-6. The molecule has 19 rings (SSSR count). The number of para-hydroxylation sites is 3. The van der Waals surface area contributed by atoms with E-state index >= 15 is 0 Å². The second-order valence-electron chi connectivity index (χ2n) is 27.4. The van der Waals surface area contributed by atoms with E-state index < -0.39 is 0 Å². The molecule has 12 aromatic carbocycles. The first-order valence-electron chi connectivity index (χ1n) is 37.4. The Balaban J connectivity index is 0.000000141. The summed E-state index contributed by atoms with van der Waals surface area (Å²) >= 11 is 1.63. The summed E-state index contributed by atoms with van der Waals surface area (Å²) < 4.78 is 15.3. The average Bonchev–Trinajstić information content (AvgIpc) is 1.62. The molecule has 0 spiro atoms. The third-order valence-corrected chi connectivity index (χ3v) is 19.7. The number of aryl methyl sites for hydroxylation is 10. The van der Waals surface area contributed by atoms with Crippen LogP contribution in [0.25, 0.3) is 117 Å². The van der Waals surface area contributed by atoms with E-state index in [1.807, 2.05) is 175 Å². The van der Waals surface area contributed by atoms with Crippen molar-refractivity contribution in [2.75, 3.05) is 0 Å². The van der Waals surface area contributed by atoms with E-state index in [0.717, 1.165) is 106 Å². The molecular weight excluding hydrogens is 1980 g/mol. The molecule has 0 saturated heterocycles. The molecule has 0 aliphatic rings. The number of rotatable bonds is 11. The molecule has 0 bridgehead atoms. The minimum absolute atomic E-state index is 0. The number of nitrogens with zero attached hydrogens (tertiary/aromatic N) is 11. The van der Waals surface area contributed by atoms with Crippen LogP contribution >= 0.6 is 11.3 Å². The smallest absolute Gasteiger partial charge is 0.135 e. The maximum absolute atomic E-state index is 5.97. The first-order chi connectivity index (χ1) is 55.1. The Morgan fingerprint density at radius 3 is 1.12 bits per heavy atom. The first kappa shape index (κ1) is 85.0. The predicted molar refractivity (Wildman–Crippen MR) is 460 cm³/mol. The summed E-state index contributed by atoms with van der Waals surface area (Å²) in [6.45, 7) is 20.9. The topological polar surface area (TPSA) is 115 Å². The van der Waals surface area contributed by atoms with Crippen LogP contribution in [0.5, 0.6) is 0 Å². The Morgan fingerprint density at radius 2 is 0.716 bits per heavy atom. The molecule has 7 aromatic heterocycles. The van der Waals surface area contributed by atoms with Gasteiger partial charge < -0.3 is 4.42 Å². The zero-order valence-corrected chi connectivity index (χ0v) is 73.8. The Hall–Kier alpha value is -11.9. The van der Waals surface area contributed by atoms with E-state index in [0.29, 0.717) is 0 Å². The van der Waals surface area contributed by atoms with Gasteiger partial charge in [0.05, 0.1) is 17.1 Å². The molecule has 0 aliphatic heterocycles. The monoisotopic (exact) mass is 2060 g/mol. The molecule has 19 aromatic rings. The van der Waals surface area contributed by atoms with Crippen molar-refractivity contribution in [1.82, 2.24) is 53.9 Å². The van der Waals surface area contributed by atoms with E-state index in [4.69, 9.17) is 4.42 Å². The average molecular weight is 2060 g/mol. The molecule has 116 heavy (non-hydrogen) atoms. The van der Waals surface area contributed by atoms with Crippen LogP contribution in [-0.4, -0.2) is 53.9 Å². The zero-order chi connectivity index (χ0) is 78.2. The van der Waals surface area contributed by atoms with Gasteiger partial charge in [-0.2, -0.15) is 140 Å². The van der Waals surface area contributed by atoms with Gasteiger partial charge in [-0.1, -0.05) is 154 Å². The molecule has 0 saturated carbocycles. The Bertz CT molecular complexity index is 5950. The Morgan fingerprint density at radius 1 is 0.310 bits per heavy atom. The fourth-order valence-electron chi connectivity index (χ4n) is 13.8. The van der Waals surface area contributed by atoms with Gasteiger partial charge in [0.25, 0.3) is 0 Å². The summed E-state index contributed by atoms with van der Waals surface area (Å²) in [7, 11) is 0. The van der Waals surface area contributed by atoms with Gasteiger partial charge in [-0.25, -0.2) is 0 Å². The van der Waals surface area contributed by atoms with Crippen molar-refractivity contribution in [1.29, 1.82) is 0 Å². The molecule has 0 fully saturated rings. The van der Waals surface area contributed by atoms with Gasteiger partial charge in [0.15, 0.2) is 0 Å². The number of aromatic nitrogens is 11. The number of hydrogen-bond donors (Lipinski definition) is 0. The van der Waals surface area contributed by atoms with E-state index in [1.165, 1.54) is 66.8 Å². The second-order valence-corrected chi connectivity index (χ2v) is 28.3. The van der Waals surface area contributed by atoms with Crippen LogP contribution in [0.15, 0.2) is 326 Å². The maximum Gasteiger partial charge on any atom is 0.135 e. The molecule has 0 amide bonds. The SMILES string of the molecule is Cc1cc(C)n(-c2[c-]cc(-c3c(C)cc(-c4ccccc4)cc3C)cc2)n1.Cc1cc(C)n(-c2[c-]cc(-c3c(C)cc(-c4ccccc4)cc3C)cc2)n1.Cc1cc(C)n(-c2[c-]cccc2)n1.[Ir].[Ir].[Ir].[c-]1cc(-c2ccc3c(c2)oc2ccccc23)ccc1-n1cccn1.[c-]1ccccc1-c1nccs1.[c-]1ccccc1-n1cccn1. The molecule has 7 heterocycles. The summed E-state index contributed by atoms with van der Waals surface area (Å²) in [5, 5.41) is 27.1. The molecule has 0 aliphatic carbocycles. The van der Waals surface area contributed by atoms with Gasteiger partial charge in [0.1, 0.15) is 11.2 Å². The maximum atomic E-state index is 5.97. The van der Waals surface area contributed by atoms with Crippen LogP contribution in [0.4, 0.5) is 0 Å². The van der Waals surface area contributed by atoms with Crippen LogP contribution in [0.2, 0.25) is 0 Å². The van der Waals surface area contributed by atoms with Crippen LogP contribution in [0, 0.1) is 106 Å². The summed E-state index contributed by atoms with van der Waals surface area (Å²) in [6, 6.07) is 116. The number of benzene rings is 12. The molecule has 0 N–H and O–H groups in total. The largest absolute Gasteiger partial charge is 0.456 e. The molecule has 0 atom stereocenters. The van der Waals surface area contributed by atoms with E-state index in [1.54, 1.807) is 39.3 Å². The van der Waals surface area contributed by atoms with Crippen LogP contribution in [-0.2, 0) is 60.3 Å². The van der Waals surface area contributed by atoms with E-state index in [-0.39, 0.29) is 60.3 Å². The van der Waals surface area contributed by atoms with Gasteiger partial charge in [0.2, 0.25) is 0 Å².